The summed E-state index contributed by atoms with van der Waals surface area (Å²) in [4.78, 5) is 35.6. The number of carbonyl (C=O) groups is 3. The van der Waals surface area contributed by atoms with Crippen LogP contribution in [0, 0.1) is 0 Å². The zero-order valence-electron chi connectivity index (χ0n) is 16.3. The van der Waals surface area contributed by atoms with Gasteiger partial charge in [-0.15, -0.1) is 11.3 Å². The molecule has 1 aliphatic heterocycles. The van der Waals surface area contributed by atoms with Crippen molar-refractivity contribution in [3.8, 4) is 16.9 Å². The molecular formula is C23H20N2O4S. The number of nitrogens with one attached hydrogen (secondary N) is 1. The third-order valence-corrected chi connectivity index (χ3v) is 6.04. The first kappa shape index (κ1) is 19.8. The number of hydrogen-bond acceptors (Lipinski definition) is 5. The summed E-state index contributed by atoms with van der Waals surface area (Å²) in [6, 6.07) is 14.6. The van der Waals surface area contributed by atoms with Crippen molar-refractivity contribution in [3.63, 3.8) is 0 Å². The first-order chi connectivity index (χ1) is 14.4. The standard InChI is InChI=1S/C23H20N2O4S/c1-13(26)20-10-17(12-30-20)23(28)25-11-18-9-16-3-2-4-19(21(16)29-18)14-5-7-15(8-6-14)22(24)27/h2-8,10,12,18H,9,11H2,1H3,(H2,24,27)(H,25,28). The summed E-state index contributed by atoms with van der Waals surface area (Å²) < 4.78 is 6.14. The summed E-state index contributed by atoms with van der Waals surface area (Å²) in [6.45, 7) is 1.84. The Morgan fingerprint density at radius 3 is 2.57 bits per heavy atom. The highest BCUT2D eigenvalue weighted by Gasteiger charge is 2.26. The first-order valence-electron chi connectivity index (χ1n) is 9.49. The van der Waals surface area contributed by atoms with Gasteiger partial charge in [-0.2, -0.15) is 0 Å². The van der Waals surface area contributed by atoms with E-state index in [1.165, 1.54) is 18.3 Å². The number of Topliss-reactive ketones (excluding diaryl/α,β-unsaturated/α-hetero) is 1. The average Bonchev–Trinajstić information content (AvgIpc) is 3.39. The number of thiophene rings is 1. The van der Waals surface area contributed by atoms with Gasteiger partial charge in [0.05, 0.1) is 17.0 Å². The number of primary amides is 1. The van der Waals surface area contributed by atoms with Crippen LogP contribution >= 0.6 is 11.3 Å². The Hall–Kier alpha value is -3.45. The van der Waals surface area contributed by atoms with Gasteiger partial charge in [0, 0.05) is 22.9 Å². The van der Waals surface area contributed by atoms with Gasteiger partial charge in [0.25, 0.3) is 5.91 Å². The lowest BCUT2D eigenvalue weighted by atomic mass is 9.99. The minimum Gasteiger partial charge on any atom is -0.487 e. The first-order valence-corrected chi connectivity index (χ1v) is 10.4. The summed E-state index contributed by atoms with van der Waals surface area (Å²) >= 11 is 1.27. The lowest BCUT2D eigenvalue weighted by Crippen LogP contribution is -2.34. The maximum atomic E-state index is 12.4. The van der Waals surface area contributed by atoms with Gasteiger partial charge in [-0.3, -0.25) is 14.4 Å². The molecule has 1 aliphatic rings. The molecule has 7 heteroatoms. The molecule has 2 heterocycles. The molecule has 0 bridgehead atoms. The van der Waals surface area contributed by atoms with Gasteiger partial charge in [-0.25, -0.2) is 0 Å². The van der Waals surface area contributed by atoms with Crippen LogP contribution in [0.3, 0.4) is 0 Å². The van der Waals surface area contributed by atoms with Crippen LogP contribution < -0.4 is 15.8 Å². The zero-order chi connectivity index (χ0) is 21.3. The van der Waals surface area contributed by atoms with E-state index in [2.05, 4.69) is 5.32 Å². The van der Waals surface area contributed by atoms with E-state index < -0.39 is 5.91 Å². The highest BCUT2D eigenvalue weighted by molar-refractivity contribution is 7.12. The van der Waals surface area contributed by atoms with Crippen molar-refractivity contribution in [2.45, 2.75) is 19.4 Å². The van der Waals surface area contributed by atoms with Crippen LogP contribution in [0.4, 0.5) is 0 Å². The predicted molar refractivity (Wildman–Crippen MR) is 115 cm³/mol. The number of carbonyl (C=O) groups excluding carboxylic acids is 3. The molecule has 3 N–H and O–H groups in total. The topological polar surface area (TPSA) is 98.5 Å². The van der Waals surface area contributed by atoms with Gasteiger partial charge in [-0.05, 0) is 36.2 Å². The predicted octanol–water partition coefficient (Wildman–Crippen LogP) is 3.45. The molecule has 1 atom stereocenters. The van der Waals surface area contributed by atoms with E-state index in [9.17, 15) is 14.4 Å². The van der Waals surface area contributed by atoms with E-state index in [1.807, 2.05) is 30.3 Å². The quantitative estimate of drug-likeness (QED) is 0.597. The SMILES string of the molecule is CC(=O)c1cc(C(=O)NCC2Cc3cccc(-c4ccc(C(N)=O)cc4)c3O2)cs1. The van der Waals surface area contributed by atoms with Crippen molar-refractivity contribution in [2.75, 3.05) is 6.54 Å². The monoisotopic (exact) mass is 420 g/mol. The molecule has 6 nitrogen and oxygen atoms in total. The fourth-order valence-electron chi connectivity index (χ4n) is 3.44. The molecule has 0 saturated carbocycles. The van der Waals surface area contributed by atoms with E-state index in [-0.39, 0.29) is 17.8 Å². The van der Waals surface area contributed by atoms with E-state index >= 15 is 0 Å². The van der Waals surface area contributed by atoms with Crippen molar-refractivity contribution < 1.29 is 19.1 Å². The third kappa shape index (κ3) is 3.97. The second-order valence-electron chi connectivity index (χ2n) is 7.15. The third-order valence-electron chi connectivity index (χ3n) is 5.01. The van der Waals surface area contributed by atoms with E-state index in [0.29, 0.717) is 29.0 Å². The highest BCUT2D eigenvalue weighted by atomic mass is 32.1. The fourth-order valence-corrected chi connectivity index (χ4v) is 4.23. The van der Waals surface area contributed by atoms with Gasteiger partial charge in [0.15, 0.2) is 5.78 Å². The van der Waals surface area contributed by atoms with E-state index in [0.717, 1.165) is 22.4 Å². The fraction of sp³-hybridized carbons (Fsp3) is 0.174. The maximum absolute atomic E-state index is 12.4. The maximum Gasteiger partial charge on any atom is 0.252 e. The molecule has 0 fully saturated rings. The molecule has 152 valence electrons. The lowest BCUT2D eigenvalue weighted by molar-refractivity contribution is 0.0933. The Kier molecular flexibility index (Phi) is 5.37. The smallest absolute Gasteiger partial charge is 0.252 e. The number of fused-ring (bicyclic) bond motifs is 1. The molecule has 0 aliphatic carbocycles. The summed E-state index contributed by atoms with van der Waals surface area (Å²) in [5, 5.41) is 4.57. The van der Waals surface area contributed by atoms with Crippen molar-refractivity contribution in [1.82, 2.24) is 5.32 Å². The van der Waals surface area contributed by atoms with Gasteiger partial charge in [-0.1, -0.05) is 30.3 Å². The number of benzene rings is 2. The molecule has 1 aromatic heterocycles. The van der Waals surface area contributed by atoms with Crippen molar-refractivity contribution in [2.24, 2.45) is 5.73 Å². The van der Waals surface area contributed by atoms with Gasteiger partial charge in [0.1, 0.15) is 11.9 Å². The molecule has 0 saturated heterocycles. The summed E-state index contributed by atoms with van der Waals surface area (Å²) in [5.74, 6) is 0.0523. The number of hydrogen-bond donors (Lipinski definition) is 2. The molecule has 0 radical (unpaired) electrons. The number of ketones is 1. The summed E-state index contributed by atoms with van der Waals surface area (Å²) in [6.07, 6.45) is 0.506. The second-order valence-corrected chi connectivity index (χ2v) is 8.06. The van der Waals surface area contributed by atoms with E-state index in [1.54, 1.807) is 23.6 Å². The highest BCUT2D eigenvalue weighted by Crippen LogP contribution is 2.38. The number of rotatable bonds is 6. The molecule has 2 aromatic carbocycles. The Bertz CT molecular complexity index is 1130. The van der Waals surface area contributed by atoms with Crippen LogP contribution in [-0.4, -0.2) is 30.2 Å². The van der Waals surface area contributed by atoms with Crippen molar-refractivity contribution >= 4 is 28.9 Å². The largest absolute Gasteiger partial charge is 0.487 e. The molecule has 4 rings (SSSR count). The molecular weight excluding hydrogens is 400 g/mol. The Morgan fingerprint density at radius 1 is 1.13 bits per heavy atom. The van der Waals surface area contributed by atoms with Crippen molar-refractivity contribution in [3.05, 3.63) is 75.5 Å². The summed E-state index contributed by atoms with van der Waals surface area (Å²) in [5.41, 5.74) is 9.18. The number of para-hydroxylation sites is 1. The van der Waals surface area contributed by atoms with Gasteiger partial charge < -0.3 is 15.8 Å². The van der Waals surface area contributed by atoms with Crippen LogP contribution in [0.1, 0.15) is 42.9 Å². The lowest BCUT2D eigenvalue weighted by Gasteiger charge is -2.13. The number of amides is 2. The van der Waals surface area contributed by atoms with Crippen LogP contribution in [0.2, 0.25) is 0 Å². The van der Waals surface area contributed by atoms with Crippen molar-refractivity contribution in [1.29, 1.82) is 0 Å². The Balaban J connectivity index is 1.44. The molecule has 1 unspecified atom stereocenters. The van der Waals surface area contributed by atoms with Gasteiger partial charge in [0.2, 0.25) is 5.91 Å². The minimum absolute atomic E-state index is 0.0509. The number of ether oxygens (including phenoxy) is 1. The molecule has 0 spiro atoms. The second kappa shape index (κ2) is 8.12. The average molecular weight is 420 g/mol. The summed E-state index contributed by atoms with van der Waals surface area (Å²) in [7, 11) is 0. The zero-order valence-corrected chi connectivity index (χ0v) is 17.1. The van der Waals surface area contributed by atoms with Crippen LogP contribution in [-0.2, 0) is 6.42 Å². The van der Waals surface area contributed by atoms with Crippen LogP contribution in [0.5, 0.6) is 5.75 Å². The minimum atomic E-state index is -0.465. The van der Waals surface area contributed by atoms with Crippen LogP contribution in [0.15, 0.2) is 53.9 Å². The van der Waals surface area contributed by atoms with Crippen LogP contribution in [0.25, 0.3) is 11.1 Å². The number of nitrogens with two attached hydrogens (primary N) is 1. The molecule has 2 amide bonds. The molecule has 30 heavy (non-hydrogen) atoms. The Morgan fingerprint density at radius 2 is 1.90 bits per heavy atom. The normalized spacial score (nSPS) is 14.6. The van der Waals surface area contributed by atoms with E-state index in [4.69, 9.17) is 10.5 Å². The van der Waals surface area contributed by atoms with Gasteiger partial charge >= 0.3 is 0 Å². The Labute approximate surface area is 177 Å². The molecule has 3 aromatic rings.